The number of piperazine rings is 1. The number of benzene rings is 1. The fourth-order valence-corrected chi connectivity index (χ4v) is 2.92. The van der Waals surface area contributed by atoms with Crippen LogP contribution in [0, 0.1) is 0 Å². The quantitative estimate of drug-likeness (QED) is 0.891. The summed E-state index contributed by atoms with van der Waals surface area (Å²) in [4.78, 5) is 16.8. The van der Waals surface area contributed by atoms with Crippen molar-refractivity contribution in [2.75, 3.05) is 26.2 Å². The first kappa shape index (κ1) is 14.5. The first-order valence-corrected chi connectivity index (χ1v) is 8.03. The van der Waals surface area contributed by atoms with Crippen LogP contribution in [0.5, 0.6) is 0 Å². The standard InChI is InChI=1S/C17H25N3O/c1-14(18-16-7-8-16)17(21)20-11-9-19(10-12-20)13-15-5-3-2-4-6-15/h2-6,14,16,18H,7-13H2,1H3. The molecule has 3 rings (SSSR count). The lowest BCUT2D eigenvalue weighted by Crippen LogP contribution is -2.53. The van der Waals surface area contributed by atoms with Crippen molar-refractivity contribution in [2.45, 2.75) is 38.4 Å². The highest BCUT2D eigenvalue weighted by molar-refractivity contribution is 5.81. The van der Waals surface area contributed by atoms with E-state index in [1.165, 1.54) is 18.4 Å². The Kier molecular flexibility index (Phi) is 4.56. The number of rotatable bonds is 5. The summed E-state index contributed by atoms with van der Waals surface area (Å²) in [7, 11) is 0. The van der Waals surface area contributed by atoms with Crippen LogP contribution in [0.2, 0.25) is 0 Å². The maximum Gasteiger partial charge on any atom is 0.239 e. The maximum absolute atomic E-state index is 12.4. The second-order valence-electron chi connectivity index (χ2n) is 6.25. The van der Waals surface area contributed by atoms with Gasteiger partial charge in [0.1, 0.15) is 0 Å². The van der Waals surface area contributed by atoms with Crippen molar-refractivity contribution in [2.24, 2.45) is 0 Å². The Hall–Kier alpha value is -1.39. The van der Waals surface area contributed by atoms with E-state index < -0.39 is 0 Å². The Labute approximate surface area is 127 Å². The van der Waals surface area contributed by atoms with E-state index in [4.69, 9.17) is 0 Å². The number of hydrogen-bond acceptors (Lipinski definition) is 3. The first-order valence-electron chi connectivity index (χ1n) is 8.03. The molecule has 1 saturated heterocycles. The summed E-state index contributed by atoms with van der Waals surface area (Å²) in [6, 6.07) is 11.1. The summed E-state index contributed by atoms with van der Waals surface area (Å²) in [5.41, 5.74) is 1.35. The molecule has 1 N–H and O–H groups in total. The lowest BCUT2D eigenvalue weighted by Gasteiger charge is -2.36. The molecule has 4 nitrogen and oxygen atoms in total. The fraction of sp³-hybridized carbons (Fsp3) is 0.588. The third-order valence-electron chi connectivity index (χ3n) is 4.37. The molecule has 1 aliphatic carbocycles. The van der Waals surface area contributed by atoms with Crippen molar-refractivity contribution in [3.8, 4) is 0 Å². The van der Waals surface area contributed by atoms with E-state index in [0.717, 1.165) is 32.7 Å². The van der Waals surface area contributed by atoms with Crippen molar-refractivity contribution in [3.63, 3.8) is 0 Å². The van der Waals surface area contributed by atoms with Crippen LogP contribution in [0.25, 0.3) is 0 Å². The summed E-state index contributed by atoms with van der Waals surface area (Å²) in [6.45, 7) is 6.62. The summed E-state index contributed by atoms with van der Waals surface area (Å²) in [5, 5.41) is 3.40. The van der Waals surface area contributed by atoms with Gasteiger partial charge >= 0.3 is 0 Å². The van der Waals surface area contributed by atoms with E-state index in [1.54, 1.807) is 0 Å². The van der Waals surface area contributed by atoms with Gasteiger partial charge in [0, 0.05) is 38.8 Å². The Balaban J connectivity index is 1.44. The monoisotopic (exact) mass is 287 g/mol. The largest absolute Gasteiger partial charge is 0.339 e. The maximum atomic E-state index is 12.4. The van der Waals surface area contributed by atoms with Gasteiger partial charge in [-0.25, -0.2) is 0 Å². The van der Waals surface area contributed by atoms with Gasteiger partial charge in [0.15, 0.2) is 0 Å². The van der Waals surface area contributed by atoms with E-state index in [0.29, 0.717) is 6.04 Å². The predicted molar refractivity (Wildman–Crippen MR) is 83.9 cm³/mol. The summed E-state index contributed by atoms with van der Waals surface area (Å²) < 4.78 is 0. The predicted octanol–water partition coefficient (Wildman–Crippen LogP) is 1.47. The molecule has 1 atom stereocenters. The second-order valence-corrected chi connectivity index (χ2v) is 6.25. The van der Waals surface area contributed by atoms with E-state index in [2.05, 4.69) is 34.5 Å². The zero-order valence-corrected chi connectivity index (χ0v) is 12.8. The molecule has 1 aliphatic heterocycles. The SMILES string of the molecule is CC(NC1CC1)C(=O)N1CCN(Cc2ccccc2)CC1. The van der Waals surface area contributed by atoms with Gasteiger partial charge in [0.2, 0.25) is 5.91 Å². The molecule has 1 aromatic carbocycles. The van der Waals surface area contributed by atoms with Crippen molar-refractivity contribution in [1.82, 2.24) is 15.1 Å². The van der Waals surface area contributed by atoms with Crippen LogP contribution >= 0.6 is 0 Å². The average molecular weight is 287 g/mol. The minimum absolute atomic E-state index is 0.0295. The number of carbonyl (C=O) groups excluding carboxylic acids is 1. The van der Waals surface area contributed by atoms with Crippen LogP contribution in [-0.4, -0.2) is 54.0 Å². The van der Waals surface area contributed by atoms with E-state index >= 15 is 0 Å². The molecular weight excluding hydrogens is 262 g/mol. The third-order valence-corrected chi connectivity index (χ3v) is 4.37. The molecule has 1 saturated carbocycles. The molecule has 1 amide bonds. The van der Waals surface area contributed by atoms with Gasteiger partial charge in [-0.2, -0.15) is 0 Å². The van der Waals surface area contributed by atoms with Crippen LogP contribution in [0.1, 0.15) is 25.3 Å². The number of carbonyl (C=O) groups is 1. The molecule has 4 heteroatoms. The van der Waals surface area contributed by atoms with E-state index in [1.807, 2.05) is 17.9 Å². The zero-order valence-electron chi connectivity index (χ0n) is 12.8. The fourth-order valence-electron chi connectivity index (χ4n) is 2.92. The normalized spacial score (nSPS) is 21.3. The topological polar surface area (TPSA) is 35.6 Å². The molecule has 0 radical (unpaired) electrons. The van der Waals surface area contributed by atoms with Crippen LogP contribution in [0.4, 0.5) is 0 Å². The number of nitrogens with zero attached hydrogens (tertiary/aromatic N) is 2. The van der Waals surface area contributed by atoms with Crippen molar-refractivity contribution >= 4 is 5.91 Å². The number of nitrogens with one attached hydrogen (secondary N) is 1. The lowest BCUT2D eigenvalue weighted by atomic mass is 10.2. The van der Waals surface area contributed by atoms with Gasteiger partial charge in [0.05, 0.1) is 6.04 Å². The molecule has 0 spiro atoms. The van der Waals surface area contributed by atoms with E-state index in [-0.39, 0.29) is 11.9 Å². The van der Waals surface area contributed by atoms with Crippen molar-refractivity contribution in [3.05, 3.63) is 35.9 Å². The van der Waals surface area contributed by atoms with Crippen LogP contribution in [0.15, 0.2) is 30.3 Å². The van der Waals surface area contributed by atoms with Crippen molar-refractivity contribution in [1.29, 1.82) is 0 Å². The summed E-state index contributed by atoms with van der Waals surface area (Å²) in [5.74, 6) is 0.265. The molecule has 0 bridgehead atoms. The molecule has 21 heavy (non-hydrogen) atoms. The summed E-state index contributed by atoms with van der Waals surface area (Å²) in [6.07, 6.45) is 2.45. The molecule has 2 aliphatic rings. The Morgan fingerprint density at radius 1 is 1.19 bits per heavy atom. The summed E-state index contributed by atoms with van der Waals surface area (Å²) >= 11 is 0. The van der Waals surface area contributed by atoms with Gasteiger partial charge in [-0.05, 0) is 25.3 Å². The van der Waals surface area contributed by atoms with Gasteiger partial charge in [-0.1, -0.05) is 30.3 Å². The van der Waals surface area contributed by atoms with Gasteiger partial charge in [-0.3, -0.25) is 9.69 Å². The first-order chi connectivity index (χ1) is 10.2. The lowest BCUT2D eigenvalue weighted by molar-refractivity contribution is -0.134. The van der Waals surface area contributed by atoms with Gasteiger partial charge < -0.3 is 10.2 Å². The highest BCUT2D eigenvalue weighted by Gasteiger charge is 2.29. The van der Waals surface area contributed by atoms with Gasteiger partial charge in [0.25, 0.3) is 0 Å². The Bertz CT molecular complexity index is 464. The molecule has 1 aromatic rings. The molecule has 0 aromatic heterocycles. The minimum Gasteiger partial charge on any atom is -0.339 e. The minimum atomic E-state index is -0.0295. The van der Waals surface area contributed by atoms with E-state index in [9.17, 15) is 4.79 Å². The number of amides is 1. The second kappa shape index (κ2) is 6.58. The molecule has 1 unspecified atom stereocenters. The van der Waals surface area contributed by atoms with Crippen molar-refractivity contribution < 1.29 is 4.79 Å². The zero-order chi connectivity index (χ0) is 14.7. The average Bonchev–Trinajstić information content (AvgIpc) is 3.32. The Morgan fingerprint density at radius 3 is 2.48 bits per heavy atom. The molecule has 2 fully saturated rings. The molecule has 114 valence electrons. The highest BCUT2D eigenvalue weighted by atomic mass is 16.2. The van der Waals surface area contributed by atoms with Crippen LogP contribution in [-0.2, 0) is 11.3 Å². The van der Waals surface area contributed by atoms with Gasteiger partial charge in [-0.15, -0.1) is 0 Å². The van der Waals surface area contributed by atoms with Crippen LogP contribution < -0.4 is 5.32 Å². The third kappa shape index (κ3) is 4.05. The smallest absolute Gasteiger partial charge is 0.239 e. The Morgan fingerprint density at radius 2 is 1.86 bits per heavy atom. The molecule has 1 heterocycles. The number of hydrogen-bond donors (Lipinski definition) is 1. The highest BCUT2D eigenvalue weighted by Crippen LogP contribution is 2.20. The molecular formula is C17H25N3O. The van der Waals surface area contributed by atoms with Crippen LogP contribution in [0.3, 0.4) is 0 Å².